The SMILES string of the molecule is CC(C)N1CCC(OC2CN(C)C2)CC1. The van der Waals surface area contributed by atoms with Gasteiger partial charge in [0.2, 0.25) is 0 Å². The van der Waals surface area contributed by atoms with Crippen molar-refractivity contribution in [2.24, 2.45) is 0 Å². The van der Waals surface area contributed by atoms with E-state index in [2.05, 4.69) is 30.7 Å². The molecule has 3 heteroatoms. The Bertz CT molecular complexity index is 194. The molecule has 0 atom stereocenters. The highest BCUT2D eigenvalue weighted by Crippen LogP contribution is 2.20. The minimum atomic E-state index is 0.519. The molecule has 0 aliphatic carbocycles. The molecule has 0 bridgehead atoms. The van der Waals surface area contributed by atoms with Gasteiger partial charge in [0, 0.05) is 32.2 Å². The van der Waals surface area contributed by atoms with Crippen molar-refractivity contribution in [2.75, 3.05) is 33.2 Å². The molecule has 0 amide bonds. The number of rotatable bonds is 3. The molecule has 3 nitrogen and oxygen atoms in total. The quantitative estimate of drug-likeness (QED) is 0.699. The Kier molecular flexibility index (Phi) is 3.65. The minimum absolute atomic E-state index is 0.519. The summed E-state index contributed by atoms with van der Waals surface area (Å²) in [6.45, 7) is 9.24. The predicted molar refractivity (Wildman–Crippen MR) is 62.1 cm³/mol. The zero-order valence-electron chi connectivity index (χ0n) is 10.3. The summed E-state index contributed by atoms with van der Waals surface area (Å²) >= 11 is 0. The molecule has 0 aromatic rings. The molecule has 0 aromatic heterocycles. The molecule has 2 rings (SSSR count). The van der Waals surface area contributed by atoms with Crippen molar-refractivity contribution in [3.8, 4) is 0 Å². The molecule has 0 aromatic carbocycles. The van der Waals surface area contributed by atoms with E-state index in [4.69, 9.17) is 4.74 Å². The number of hydrogen-bond donors (Lipinski definition) is 0. The molecule has 0 N–H and O–H groups in total. The first kappa shape index (κ1) is 11.4. The van der Waals surface area contributed by atoms with Gasteiger partial charge in [-0.2, -0.15) is 0 Å². The van der Waals surface area contributed by atoms with Crippen LogP contribution in [0.15, 0.2) is 0 Å². The van der Waals surface area contributed by atoms with Crippen molar-refractivity contribution in [3.05, 3.63) is 0 Å². The summed E-state index contributed by atoms with van der Waals surface area (Å²) in [5.74, 6) is 0. The van der Waals surface area contributed by atoms with Crippen molar-refractivity contribution < 1.29 is 4.74 Å². The summed E-state index contributed by atoms with van der Waals surface area (Å²) in [5.41, 5.74) is 0. The molecule has 15 heavy (non-hydrogen) atoms. The lowest BCUT2D eigenvalue weighted by Gasteiger charge is -2.41. The first-order chi connectivity index (χ1) is 7.15. The van der Waals surface area contributed by atoms with Gasteiger partial charge in [-0.3, -0.25) is 0 Å². The second-order valence-electron chi connectivity index (χ2n) is 5.31. The molecule has 2 aliphatic heterocycles. The smallest absolute Gasteiger partial charge is 0.0832 e. The van der Waals surface area contributed by atoms with E-state index in [0.29, 0.717) is 18.2 Å². The summed E-state index contributed by atoms with van der Waals surface area (Å²) in [6.07, 6.45) is 3.49. The Morgan fingerprint density at radius 2 is 1.67 bits per heavy atom. The molecular formula is C12H24N2O. The molecular weight excluding hydrogens is 188 g/mol. The minimum Gasteiger partial charge on any atom is -0.372 e. The number of likely N-dealkylation sites (tertiary alicyclic amines) is 2. The topological polar surface area (TPSA) is 15.7 Å². The van der Waals surface area contributed by atoms with Crippen LogP contribution in [0.2, 0.25) is 0 Å². The van der Waals surface area contributed by atoms with E-state index >= 15 is 0 Å². The number of piperidine rings is 1. The van der Waals surface area contributed by atoms with Crippen LogP contribution in [0.25, 0.3) is 0 Å². The zero-order chi connectivity index (χ0) is 10.8. The van der Waals surface area contributed by atoms with Crippen LogP contribution < -0.4 is 0 Å². The number of likely N-dealkylation sites (N-methyl/N-ethyl adjacent to an activating group) is 1. The van der Waals surface area contributed by atoms with Crippen molar-refractivity contribution in [3.63, 3.8) is 0 Å². The van der Waals surface area contributed by atoms with Gasteiger partial charge in [-0.15, -0.1) is 0 Å². The van der Waals surface area contributed by atoms with Gasteiger partial charge in [-0.25, -0.2) is 0 Å². The van der Waals surface area contributed by atoms with Crippen molar-refractivity contribution in [1.29, 1.82) is 0 Å². The highest BCUT2D eigenvalue weighted by molar-refractivity contribution is 4.81. The average molecular weight is 212 g/mol. The van der Waals surface area contributed by atoms with E-state index in [-0.39, 0.29) is 0 Å². The van der Waals surface area contributed by atoms with Gasteiger partial charge < -0.3 is 14.5 Å². The second kappa shape index (κ2) is 4.81. The Hall–Kier alpha value is -0.120. The monoisotopic (exact) mass is 212 g/mol. The van der Waals surface area contributed by atoms with Gasteiger partial charge in [-0.05, 0) is 33.7 Å². The van der Waals surface area contributed by atoms with Crippen LogP contribution in [-0.4, -0.2) is 61.3 Å². The van der Waals surface area contributed by atoms with Crippen molar-refractivity contribution >= 4 is 0 Å². The van der Waals surface area contributed by atoms with E-state index in [0.717, 1.165) is 13.1 Å². The lowest BCUT2D eigenvalue weighted by atomic mass is 10.1. The molecule has 2 heterocycles. The van der Waals surface area contributed by atoms with Crippen molar-refractivity contribution in [2.45, 2.75) is 44.9 Å². The summed E-state index contributed by atoms with van der Waals surface area (Å²) in [5, 5.41) is 0. The van der Waals surface area contributed by atoms with Crippen LogP contribution in [0, 0.1) is 0 Å². The van der Waals surface area contributed by atoms with E-state index in [1.807, 2.05) is 0 Å². The maximum absolute atomic E-state index is 6.06. The number of hydrogen-bond acceptors (Lipinski definition) is 3. The van der Waals surface area contributed by atoms with Crippen LogP contribution >= 0.6 is 0 Å². The highest BCUT2D eigenvalue weighted by Gasteiger charge is 2.29. The number of nitrogens with zero attached hydrogens (tertiary/aromatic N) is 2. The third kappa shape index (κ3) is 2.92. The molecule has 2 aliphatic rings. The van der Waals surface area contributed by atoms with Crippen LogP contribution in [0.1, 0.15) is 26.7 Å². The Balaban J connectivity index is 1.65. The molecule has 88 valence electrons. The van der Waals surface area contributed by atoms with Crippen LogP contribution in [0.3, 0.4) is 0 Å². The van der Waals surface area contributed by atoms with Gasteiger partial charge in [-0.1, -0.05) is 0 Å². The molecule has 0 spiro atoms. The fourth-order valence-electron chi connectivity index (χ4n) is 2.53. The van der Waals surface area contributed by atoms with Gasteiger partial charge >= 0.3 is 0 Å². The van der Waals surface area contributed by atoms with E-state index in [9.17, 15) is 0 Å². The molecule has 2 fully saturated rings. The van der Waals surface area contributed by atoms with E-state index < -0.39 is 0 Å². The first-order valence-electron chi connectivity index (χ1n) is 6.23. The highest BCUT2D eigenvalue weighted by atomic mass is 16.5. The van der Waals surface area contributed by atoms with Gasteiger partial charge in [0.1, 0.15) is 0 Å². The molecule has 2 saturated heterocycles. The zero-order valence-corrected chi connectivity index (χ0v) is 10.3. The predicted octanol–water partition coefficient (Wildman–Crippen LogP) is 1.19. The fraction of sp³-hybridized carbons (Fsp3) is 1.00. The lowest BCUT2D eigenvalue weighted by molar-refractivity contribution is -0.101. The third-order valence-corrected chi connectivity index (χ3v) is 3.62. The normalized spacial score (nSPS) is 27.2. The lowest BCUT2D eigenvalue weighted by Crippen LogP contribution is -2.52. The average Bonchev–Trinajstić information content (AvgIpc) is 2.16. The largest absolute Gasteiger partial charge is 0.372 e. The molecule has 0 saturated carbocycles. The van der Waals surface area contributed by atoms with Crippen LogP contribution in [0.5, 0.6) is 0 Å². The standard InChI is InChI=1S/C12H24N2O/c1-10(2)14-6-4-11(5-7-14)15-12-8-13(3)9-12/h10-12H,4-9H2,1-3H3. The van der Waals surface area contributed by atoms with E-state index in [1.54, 1.807) is 0 Å². The van der Waals surface area contributed by atoms with Crippen molar-refractivity contribution in [1.82, 2.24) is 9.80 Å². The Morgan fingerprint density at radius 1 is 1.07 bits per heavy atom. The Morgan fingerprint density at radius 3 is 2.13 bits per heavy atom. The number of ether oxygens (including phenoxy) is 1. The summed E-state index contributed by atoms with van der Waals surface area (Å²) in [7, 11) is 2.15. The maximum atomic E-state index is 6.06. The van der Waals surface area contributed by atoms with Gasteiger partial charge in [0.15, 0.2) is 0 Å². The fourth-order valence-corrected chi connectivity index (χ4v) is 2.53. The van der Waals surface area contributed by atoms with Crippen LogP contribution in [0.4, 0.5) is 0 Å². The third-order valence-electron chi connectivity index (χ3n) is 3.62. The second-order valence-corrected chi connectivity index (χ2v) is 5.31. The van der Waals surface area contributed by atoms with Gasteiger partial charge in [0.25, 0.3) is 0 Å². The summed E-state index contributed by atoms with van der Waals surface area (Å²) in [6, 6.07) is 0.695. The molecule has 0 unspecified atom stereocenters. The van der Waals surface area contributed by atoms with E-state index in [1.165, 1.54) is 25.9 Å². The Labute approximate surface area is 93.4 Å². The molecule has 0 radical (unpaired) electrons. The maximum Gasteiger partial charge on any atom is 0.0832 e. The summed E-state index contributed by atoms with van der Waals surface area (Å²) < 4.78 is 6.06. The first-order valence-corrected chi connectivity index (χ1v) is 6.23. The summed E-state index contributed by atoms with van der Waals surface area (Å²) in [4.78, 5) is 4.86. The van der Waals surface area contributed by atoms with Gasteiger partial charge in [0.05, 0.1) is 12.2 Å². The van der Waals surface area contributed by atoms with Crippen LogP contribution in [-0.2, 0) is 4.74 Å².